The first-order valence-electron chi connectivity index (χ1n) is 6.94. The lowest BCUT2D eigenvalue weighted by molar-refractivity contribution is 0.404. The van der Waals surface area contributed by atoms with Gasteiger partial charge in [0.15, 0.2) is 0 Å². The maximum absolute atomic E-state index is 6.12. The number of methoxy groups -OCH3 is 2. The van der Waals surface area contributed by atoms with Crippen LogP contribution in [0.25, 0.3) is 0 Å². The van der Waals surface area contributed by atoms with Crippen molar-refractivity contribution in [2.75, 3.05) is 19.5 Å². The molecule has 0 aliphatic rings. The van der Waals surface area contributed by atoms with Crippen LogP contribution >= 0.6 is 11.6 Å². The van der Waals surface area contributed by atoms with Gasteiger partial charge in [-0.3, -0.25) is 0 Å². The summed E-state index contributed by atoms with van der Waals surface area (Å²) in [5, 5.41) is 3.90. The van der Waals surface area contributed by atoms with Gasteiger partial charge in [-0.05, 0) is 20.8 Å². The number of ether oxygens (including phenoxy) is 2. The summed E-state index contributed by atoms with van der Waals surface area (Å²) in [6.45, 7) is 5.89. The van der Waals surface area contributed by atoms with Crippen molar-refractivity contribution in [3.8, 4) is 11.5 Å². The van der Waals surface area contributed by atoms with E-state index >= 15 is 0 Å². The summed E-state index contributed by atoms with van der Waals surface area (Å²) in [5.74, 6) is 2.01. The van der Waals surface area contributed by atoms with E-state index in [4.69, 9.17) is 21.1 Å². The second kappa shape index (κ2) is 6.83. The van der Waals surface area contributed by atoms with Crippen molar-refractivity contribution in [3.63, 3.8) is 0 Å². The van der Waals surface area contributed by atoms with Gasteiger partial charge in [0.1, 0.15) is 17.3 Å². The molecule has 6 heteroatoms. The number of hydrogen-bond donors (Lipinski definition) is 1. The predicted molar refractivity (Wildman–Crippen MR) is 88.1 cm³/mol. The van der Waals surface area contributed by atoms with E-state index in [1.807, 2.05) is 33.0 Å². The first-order chi connectivity index (χ1) is 10.5. The van der Waals surface area contributed by atoms with Crippen molar-refractivity contribution in [2.45, 2.75) is 26.8 Å². The summed E-state index contributed by atoms with van der Waals surface area (Å²) in [7, 11) is 3.19. The Morgan fingerprint density at radius 1 is 1.14 bits per heavy atom. The summed E-state index contributed by atoms with van der Waals surface area (Å²) in [5.41, 5.74) is 2.78. The fourth-order valence-electron chi connectivity index (χ4n) is 2.30. The first-order valence-corrected chi connectivity index (χ1v) is 7.32. The number of rotatable bonds is 5. The zero-order valence-corrected chi connectivity index (χ0v) is 14.2. The Labute approximate surface area is 135 Å². The normalized spacial score (nSPS) is 11.9. The number of halogens is 1. The fraction of sp³-hybridized carbons (Fsp3) is 0.375. The Hall–Kier alpha value is -2.01. The Morgan fingerprint density at radius 2 is 1.82 bits per heavy atom. The molecule has 22 heavy (non-hydrogen) atoms. The number of aryl methyl sites for hydroxylation is 2. The minimum Gasteiger partial charge on any atom is -0.495 e. The number of nitrogens with zero attached hydrogens (tertiary/aromatic N) is 2. The van der Waals surface area contributed by atoms with Crippen molar-refractivity contribution in [2.24, 2.45) is 0 Å². The number of aromatic nitrogens is 2. The van der Waals surface area contributed by atoms with E-state index < -0.39 is 0 Å². The highest BCUT2D eigenvalue weighted by molar-refractivity contribution is 6.32. The molecular formula is C16H20ClN3O2. The average molecular weight is 322 g/mol. The van der Waals surface area contributed by atoms with E-state index in [-0.39, 0.29) is 6.04 Å². The molecule has 2 rings (SSSR count). The van der Waals surface area contributed by atoms with Crippen molar-refractivity contribution in [3.05, 3.63) is 40.4 Å². The highest BCUT2D eigenvalue weighted by Gasteiger charge is 2.15. The van der Waals surface area contributed by atoms with Gasteiger partial charge < -0.3 is 14.8 Å². The van der Waals surface area contributed by atoms with Crippen LogP contribution in [-0.4, -0.2) is 24.2 Å². The van der Waals surface area contributed by atoms with Gasteiger partial charge in [-0.25, -0.2) is 9.97 Å². The maximum atomic E-state index is 6.12. The SMILES string of the molecule is COc1cc(N[C@H](C)c2cnc(C)nc2C)c(OC)cc1Cl. The van der Waals surface area contributed by atoms with Crippen LogP contribution in [0, 0.1) is 13.8 Å². The van der Waals surface area contributed by atoms with Crippen molar-refractivity contribution in [1.82, 2.24) is 9.97 Å². The largest absolute Gasteiger partial charge is 0.495 e. The molecule has 1 atom stereocenters. The Bertz CT molecular complexity index is 677. The number of benzene rings is 1. The van der Waals surface area contributed by atoms with E-state index in [1.54, 1.807) is 20.3 Å². The Kier molecular flexibility index (Phi) is 5.08. The molecule has 1 aromatic carbocycles. The Morgan fingerprint density at radius 3 is 2.41 bits per heavy atom. The monoisotopic (exact) mass is 321 g/mol. The van der Waals surface area contributed by atoms with Gasteiger partial charge in [-0.2, -0.15) is 0 Å². The summed E-state index contributed by atoms with van der Waals surface area (Å²) in [6.07, 6.45) is 1.84. The highest BCUT2D eigenvalue weighted by atomic mass is 35.5. The third kappa shape index (κ3) is 3.42. The quantitative estimate of drug-likeness (QED) is 0.904. The van der Waals surface area contributed by atoms with E-state index in [1.165, 1.54) is 0 Å². The van der Waals surface area contributed by atoms with Crippen LogP contribution in [0.2, 0.25) is 5.02 Å². The number of nitrogens with one attached hydrogen (secondary N) is 1. The van der Waals surface area contributed by atoms with Gasteiger partial charge >= 0.3 is 0 Å². The highest BCUT2D eigenvalue weighted by Crippen LogP contribution is 2.37. The molecule has 0 fully saturated rings. The Balaban J connectivity index is 2.32. The predicted octanol–water partition coefficient (Wildman–Crippen LogP) is 3.94. The summed E-state index contributed by atoms with van der Waals surface area (Å²) in [4.78, 5) is 8.66. The molecule has 0 unspecified atom stereocenters. The molecule has 0 aliphatic carbocycles. The molecule has 1 aromatic heterocycles. The topological polar surface area (TPSA) is 56.3 Å². The van der Waals surface area contributed by atoms with Crippen molar-refractivity contribution < 1.29 is 9.47 Å². The van der Waals surface area contributed by atoms with Gasteiger partial charge in [0.2, 0.25) is 0 Å². The van der Waals surface area contributed by atoms with Crippen molar-refractivity contribution >= 4 is 17.3 Å². The third-order valence-corrected chi connectivity index (χ3v) is 3.75. The minimum absolute atomic E-state index is 0.0142. The van der Waals surface area contributed by atoms with Crippen LogP contribution in [-0.2, 0) is 0 Å². The number of hydrogen-bond acceptors (Lipinski definition) is 5. The lowest BCUT2D eigenvalue weighted by Crippen LogP contribution is -2.11. The molecular weight excluding hydrogens is 302 g/mol. The molecule has 0 saturated heterocycles. The molecule has 118 valence electrons. The zero-order valence-electron chi connectivity index (χ0n) is 13.4. The zero-order chi connectivity index (χ0) is 16.3. The molecule has 1 heterocycles. The van der Waals surface area contributed by atoms with Gasteiger partial charge in [0, 0.05) is 29.6 Å². The molecule has 0 saturated carbocycles. The molecule has 1 N–H and O–H groups in total. The first kappa shape index (κ1) is 16.4. The summed E-state index contributed by atoms with van der Waals surface area (Å²) in [6, 6.07) is 3.57. The lowest BCUT2D eigenvalue weighted by Gasteiger charge is -2.20. The van der Waals surface area contributed by atoms with Crippen LogP contribution in [0.1, 0.15) is 30.0 Å². The van der Waals surface area contributed by atoms with Crippen LogP contribution in [0.5, 0.6) is 11.5 Å². The van der Waals surface area contributed by atoms with Gasteiger partial charge in [0.05, 0.1) is 31.0 Å². The maximum Gasteiger partial charge on any atom is 0.143 e. The summed E-state index contributed by atoms with van der Waals surface area (Å²) >= 11 is 6.12. The third-order valence-electron chi connectivity index (χ3n) is 3.45. The molecule has 0 aliphatic heterocycles. The van der Waals surface area contributed by atoms with Gasteiger partial charge in [-0.1, -0.05) is 11.6 Å². The van der Waals surface area contributed by atoms with Crippen LogP contribution in [0.4, 0.5) is 5.69 Å². The van der Waals surface area contributed by atoms with Crippen LogP contribution < -0.4 is 14.8 Å². The minimum atomic E-state index is 0.0142. The fourth-order valence-corrected chi connectivity index (χ4v) is 2.53. The van der Waals surface area contributed by atoms with E-state index in [0.29, 0.717) is 16.5 Å². The van der Waals surface area contributed by atoms with Crippen LogP contribution in [0.15, 0.2) is 18.3 Å². The van der Waals surface area contributed by atoms with E-state index in [9.17, 15) is 0 Å². The molecule has 0 spiro atoms. The number of anilines is 1. The smallest absolute Gasteiger partial charge is 0.143 e. The van der Waals surface area contributed by atoms with Crippen LogP contribution in [0.3, 0.4) is 0 Å². The van der Waals surface area contributed by atoms with E-state index in [2.05, 4.69) is 15.3 Å². The lowest BCUT2D eigenvalue weighted by atomic mass is 10.1. The van der Waals surface area contributed by atoms with Gasteiger partial charge in [-0.15, -0.1) is 0 Å². The van der Waals surface area contributed by atoms with E-state index in [0.717, 1.165) is 22.8 Å². The molecule has 2 aromatic rings. The summed E-state index contributed by atoms with van der Waals surface area (Å²) < 4.78 is 10.6. The van der Waals surface area contributed by atoms with Crippen molar-refractivity contribution in [1.29, 1.82) is 0 Å². The second-order valence-corrected chi connectivity index (χ2v) is 5.42. The molecule has 0 radical (unpaired) electrons. The molecule has 5 nitrogen and oxygen atoms in total. The molecule has 0 bridgehead atoms. The second-order valence-electron chi connectivity index (χ2n) is 5.01. The average Bonchev–Trinajstić information content (AvgIpc) is 2.48. The van der Waals surface area contributed by atoms with Gasteiger partial charge in [0.25, 0.3) is 0 Å². The molecule has 0 amide bonds. The standard InChI is InChI=1S/C16H20ClN3O2/c1-9-12(8-18-11(3)19-9)10(2)20-14-7-15(21-4)13(17)6-16(14)22-5/h6-8,10,20H,1-5H3/t10-/m1/s1.